The fourth-order valence-electron chi connectivity index (χ4n) is 1.77. The molecule has 0 fully saturated rings. The van der Waals surface area contributed by atoms with Crippen LogP contribution in [0.1, 0.15) is 18.4 Å². The first-order valence-electron chi connectivity index (χ1n) is 5.71. The molecule has 0 amide bonds. The van der Waals surface area contributed by atoms with E-state index in [2.05, 4.69) is 5.32 Å². The van der Waals surface area contributed by atoms with Crippen LogP contribution in [0.15, 0.2) is 18.2 Å². The summed E-state index contributed by atoms with van der Waals surface area (Å²) in [6, 6.07) is 5.50. The van der Waals surface area contributed by atoms with E-state index in [0.29, 0.717) is 24.6 Å². The number of nitrogens with one attached hydrogen (secondary N) is 1. The molecular weight excluding hydrogens is 247 g/mol. The third-order valence-electron chi connectivity index (χ3n) is 2.61. The summed E-state index contributed by atoms with van der Waals surface area (Å²) in [5.74, 6) is 1.37. The van der Waals surface area contributed by atoms with E-state index < -0.39 is 12.6 Å². The van der Waals surface area contributed by atoms with Crippen molar-refractivity contribution >= 4 is 0 Å². The summed E-state index contributed by atoms with van der Waals surface area (Å²) in [5, 5.41) is 2.97. The van der Waals surface area contributed by atoms with Gasteiger partial charge in [-0.25, -0.2) is 0 Å². The standard InChI is InChI=1S/C12H14F3NO2/c13-12(14,15)5-2-6-16-7-9-3-1-4-10-11(9)18-8-17-10/h1,3-4,16H,2,5-8H2. The third kappa shape index (κ3) is 3.53. The summed E-state index contributed by atoms with van der Waals surface area (Å²) in [5.41, 5.74) is 0.900. The van der Waals surface area contributed by atoms with E-state index in [0.717, 1.165) is 5.56 Å². The predicted octanol–water partition coefficient (Wildman–Crippen LogP) is 2.85. The van der Waals surface area contributed by atoms with Crippen molar-refractivity contribution in [2.45, 2.75) is 25.6 Å². The van der Waals surface area contributed by atoms with Crippen LogP contribution < -0.4 is 14.8 Å². The van der Waals surface area contributed by atoms with Gasteiger partial charge in [-0.2, -0.15) is 13.2 Å². The van der Waals surface area contributed by atoms with Gasteiger partial charge in [-0.1, -0.05) is 12.1 Å². The molecule has 0 saturated carbocycles. The molecule has 0 aromatic heterocycles. The van der Waals surface area contributed by atoms with Crippen LogP contribution in [0.5, 0.6) is 11.5 Å². The summed E-state index contributed by atoms with van der Waals surface area (Å²) in [4.78, 5) is 0. The van der Waals surface area contributed by atoms with Gasteiger partial charge in [0.15, 0.2) is 11.5 Å². The fourth-order valence-corrected chi connectivity index (χ4v) is 1.77. The molecule has 1 aliphatic heterocycles. The number of fused-ring (bicyclic) bond motifs is 1. The van der Waals surface area contributed by atoms with Crippen molar-refractivity contribution in [3.8, 4) is 11.5 Å². The second-order valence-corrected chi connectivity index (χ2v) is 4.05. The summed E-state index contributed by atoms with van der Waals surface area (Å²) in [7, 11) is 0. The SMILES string of the molecule is FC(F)(F)CCCNCc1cccc2c1OCO2. The first-order chi connectivity index (χ1) is 8.56. The molecule has 1 heterocycles. The summed E-state index contributed by atoms with van der Waals surface area (Å²) >= 11 is 0. The first-order valence-corrected chi connectivity index (χ1v) is 5.71. The van der Waals surface area contributed by atoms with E-state index in [4.69, 9.17) is 9.47 Å². The maximum absolute atomic E-state index is 11.9. The fraction of sp³-hybridized carbons (Fsp3) is 0.500. The van der Waals surface area contributed by atoms with Crippen molar-refractivity contribution in [3.63, 3.8) is 0 Å². The minimum Gasteiger partial charge on any atom is -0.454 e. The summed E-state index contributed by atoms with van der Waals surface area (Å²) in [6.07, 6.45) is -4.75. The van der Waals surface area contributed by atoms with Gasteiger partial charge in [-0.05, 0) is 19.0 Å². The Morgan fingerprint density at radius 3 is 2.83 bits per heavy atom. The zero-order valence-electron chi connectivity index (χ0n) is 9.72. The lowest BCUT2D eigenvalue weighted by Crippen LogP contribution is -2.18. The molecule has 0 saturated heterocycles. The molecule has 1 aromatic rings. The average molecular weight is 261 g/mol. The number of hydrogen-bond donors (Lipinski definition) is 1. The minimum atomic E-state index is -4.08. The van der Waals surface area contributed by atoms with Gasteiger partial charge in [-0.15, -0.1) is 0 Å². The third-order valence-corrected chi connectivity index (χ3v) is 2.61. The van der Waals surface area contributed by atoms with E-state index in [-0.39, 0.29) is 13.2 Å². The Balaban J connectivity index is 1.76. The molecule has 3 nitrogen and oxygen atoms in total. The monoisotopic (exact) mass is 261 g/mol. The Bertz CT molecular complexity index is 407. The second kappa shape index (κ2) is 5.48. The molecular formula is C12H14F3NO2. The highest BCUT2D eigenvalue weighted by atomic mass is 19.4. The van der Waals surface area contributed by atoms with E-state index in [9.17, 15) is 13.2 Å². The lowest BCUT2D eigenvalue weighted by molar-refractivity contribution is -0.135. The number of rotatable bonds is 5. The summed E-state index contributed by atoms with van der Waals surface area (Å²) < 4.78 is 46.3. The van der Waals surface area contributed by atoms with Crippen LogP contribution in [0.3, 0.4) is 0 Å². The van der Waals surface area contributed by atoms with Crippen molar-refractivity contribution in [1.29, 1.82) is 0 Å². The number of halogens is 3. The van der Waals surface area contributed by atoms with Gasteiger partial charge in [0.05, 0.1) is 0 Å². The number of hydrogen-bond acceptors (Lipinski definition) is 3. The predicted molar refractivity (Wildman–Crippen MR) is 59.6 cm³/mol. The van der Waals surface area contributed by atoms with Gasteiger partial charge in [0.2, 0.25) is 6.79 Å². The largest absolute Gasteiger partial charge is 0.454 e. The van der Waals surface area contributed by atoms with Gasteiger partial charge in [-0.3, -0.25) is 0 Å². The van der Waals surface area contributed by atoms with Gasteiger partial charge < -0.3 is 14.8 Å². The molecule has 0 unspecified atom stereocenters. The Morgan fingerprint density at radius 2 is 2.06 bits per heavy atom. The minimum absolute atomic E-state index is 0.0792. The molecule has 0 atom stereocenters. The average Bonchev–Trinajstić information content (AvgIpc) is 2.75. The second-order valence-electron chi connectivity index (χ2n) is 4.05. The Morgan fingerprint density at radius 1 is 1.22 bits per heavy atom. The molecule has 0 spiro atoms. The van der Waals surface area contributed by atoms with E-state index in [1.54, 1.807) is 6.07 Å². The zero-order chi connectivity index (χ0) is 13.0. The molecule has 100 valence electrons. The smallest absolute Gasteiger partial charge is 0.389 e. The molecule has 2 rings (SSSR count). The molecule has 18 heavy (non-hydrogen) atoms. The van der Waals surface area contributed by atoms with Crippen molar-refractivity contribution in [3.05, 3.63) is 23.8 Å². The van der Waals surface area contributed by atoms with Crippen molar-refractivity contribution in [1.82, 2.24) is 5.32 Å². The Labute approximate surface area is 103 Å². The molecule has 0 radical (unpaired) electrons. The zero-order valence-corrected chi connectivity index (χ0v) is 9.72. The summed E-state index contributed by atoms with van der Waals surface area (Å²) in [6.45, 7) is 0.995. The lowest BCUT2D eigenvalue weighted by Gasteiger charge is -2.09. The topological polar surface area (TPSA) is 30.5 Å². The van der Waals surface area contributed by atoms with Crippen molar-refractivity contribution in [2.75, 3.05) is 13.3 Å². The van der Waals surface area contributed by atoms with Gasteiger partial charge >= 0.3 is 6.18 Å². The Hall–Kier alpha value is -1.43. The maximum atomic E-state index is 11.9. The maximum Gasteiger partial charge on any atom is 0.389 e. The molecule has 1 aromatic carbocycles. The van der Waals surface area contributed by atoms with E-state index in [1.807, 2.05) is 12.1 Å². The number of ether oxygens (including phenoxy) is 2. The van der Waals surface area contributed by atoms with E-state index >= 15 is 0 Å². The van der Waals surface area contributed by atoms with E-state index in [1.165, 1.54) is 0 Å². The highest BCUT2D eigenvalue weighted by Crippen LogP contribution is 2.35. The van der Waals surface area contributed by atoms with Crippen LogP contribution >= 0.6 is 0 Å². The van der Waals surface area contributed by atoms with Crippen LogP contribution in [0.25, 0.3) is 0 Å². The normalized spacial score (nSPS) is 13.9. The first kappa shape index (κ1) is 13.0. The molecule has 1 N–H and O–H groups in total. The quantitative estimate of drug-likeness (QED) is 0.827. The highest BCUT2D eigenvalue weighted by molar-refractivity contribution is 5.48. The van der Waals surface area contributed by atoms with Crippen molar-refractivity contribution < 1.29 is 22.6 Å². The van der Waals surface area contributed by atoms with Crippen LogP contribution in [-0.2, 0) is 6.54 Å². The van der Waals surface area contributed by atoms with Crippen LogP contribution in [0.2, 0.25) is 0 Å². The Kier molecular flexibility index (Phi) is 3.96. The van der Waals surface area contributed by atoms with Gasteiger partial charge in [0, 0.05) is 18.5 Å². The van der Waals surface area contributed by atoms with Crippen LogP contribution in [-0.4, -0.2) is 19.5 Å². The molecule has 0 bridgehead atoms. The van der Waals surface area contributed by atoms with Gasteiger partial charge in [0.25, 0.3) is 0 Å². The van der Waals surface area contributed by atoms with Gasteiger partial charge in [0.1, 0.15) is 0 Å². The van der Waals surface area contributed by atoms with Crippen LogP contribution in [0, 0.1) is 0 Å². The number of para-hydroxylation sites is 1. The van der Waals surface area contributed by atoms with Crippen molar-refractivity contribution in [2.24, 2.45) is 0 Å². The molecule has 1 aliphatic rings. The van der Waals surface area contributed by atoms with Crippen LogP contribution in [0.4, 0.5) is 13.2 Å². The number of benzene rings is 1. The number of alkyl halides is 3. The highest BCUT2D eigenvalue weighted by Gasteiger charge is 2.25. The lowest BCUT2D eigenvalue weighted by atomic mass is 10.2. The molecule has 6 heteroatoms. The molecule has 0 aliphatic carbocycles.